The van der Waals surface area contributed by atoms with Gasteiger partial charge in [0.1, 0.15) is 0 Å². The van der Waals surface area contributed by atoms with Gasteiger partial charge in [0.2, 0.25) is 0 Å². The molecule has 0 bridgehead atoms. The van der Waals surface area contributed by atoms with Gasteiger partial charge in [-0.15, -0.1) is 0 Å². The molecule has 0 saturated carbocycles. The minimum absolute atomic E-state index is 0.0394. The summed E-state index contributed by atoms with van der Waals surface area (Å²) in [5, 5.41) is 10.9. The number of hydrogen-bond donors (Lipinski definition) is 0. The van der Waals surface area contributed by atoms with Crippen molar-refractivity contribution in [3.63, 3.8) is 0 Å². The minimum atomic E-state index is -0.478. The maximum absolute atomic E-state index is 9.60. The van der Waals surface area contributed by atoms with Crippen LogP contribution in [0.5, 0.6) is 0 Å². The first-order valence-electron chi connectivity index (χ1n) is 37.2. The summed E-state index contributed by atoms with van der Waals surface area (Å²) in [6.07, 6.45) is 0. The Morgan fingerprint density at radius 3 is 1.53 bits per heavy atom. The summed E-state index contributed by atoms with van der Waals surface area (Å²) in [5.41, 5.74) is 20.9. The number of fused-ring (bicyclic) bond motifs is 21. The maximum atomic E-state index is 9.60. The molecule has 454 valence electrons. The van der Waals surface area contributed by atoms with Crippen LogP contribution < -0.4 is 21.3 Å². The molecule has 4 nitrogen and oxygen atoms in total. The third-order valence-electron chi connectivity index (χ3n) is 20.8. The molecule has 6 heterocycles. The molecule has 13 aromatic carbocycles. The standard InChI is InChI=1S/C90H71BN4/c1-88(2,3)58-46-57(47-59(49-58)89(4,5)6)56-40-44-74-80(48-56)93(61-41-38-55(39-42-61)54-24-11-10-12-25-54)87-83-71-34-23-33-70-66-29-16-14-27-64(66)63-26-13-15-28-65(63)67-30-17-22-37-78(67)94(85(70)71)81(83)53-82-84(87)91(74)75-51-60(90(7,8)9)50-73-72-52-62(43-45-79(72)95(82)86(73)75)92-76-35-20-18-31-68(76)69-32-19-21-36-77(69)92/h10-53H,1-9H3/i18D,19D,20D,21D,31D,32D,35D,36D. The highest BCUT2D eigenvalue weighted by atomic mass is 15.2. The number of hydrogen-bond acceptors (Lipinski definition) is 1. The van der Waals surface area contributed by atoms with E-state index in [0.29, 0.717) is 5.69 Å². The van der Waals surface area contributed by atoms with Gasteiger partial charge in [-0.1, -0.05) is 262 Å². The van der Waals surface area contributed by atoms with Crippen LogP contribution in [0.25, 0.3) is 137 Å². The van der Waals surface area contributed by atoms with Crippen LogP contribution in [0.1, 0.15) is 90.0 Å². The van der Waals surface area contributed by atoms with Crippen molar-refractivity contribution in [2.45, 2.75) is 78.6 Å². The summed E-state index contributed by atoms with van der Waals surface area (Å²) >= 11 is 0. The molecule has 17 aromatic rings. The molecule has 0 atom stereocenters. The quantitative estimate of drug-likeness (QED) is 0.161. The molecule has 2 aliphatic heterocycles. The van der Waals surface area contributed by atoms with Gasteiger partial charge >= 0.3 is 0 Å². The monoisotopic (exact) mass is 1230 g/mol. The Kier molecular flexibility index (Phi) is 10.0. The normalized spacial score (nSPS) is 14.5. The topological polar surface area (TPSA) is 17.5 Å². The number of nitrogens with zero attached hydrogens (tertiary/aromatic N) is 4. The number of rotatable bonds is 4. The van der Waals surface area contributed by atoms with E-state index in [-0.39, 0.29) is 68.9 Å². The van der Waals surface area contributed by atoms with E-state index in [9.17, 15) is 5.48 Å². The van der Waals surface area contributed by atoms with Crippen LogP contribution in [0.4, 0.5) is 17.1 Å². The third-order valence-corrected chi connectivity index (χ3v) is 20.8. The summed E-state index contributed by atoms with van der Waals surface area (Å²) in [6, 6.07) is 77.8. The predicted octanol–water partition coefficient (Wildman–Crippen LogP) is 22.3. The van der Waals surface area contributed by atoms with Crippen LogP contribution >= 0.6 is 0 Å². The molecule has 4 aromatic heterocycles. The first kappa shape index (κ1) is 47.9. The lowest BCUT2D eigenvalue weighted by Crippen LogP contribution is -2.60. The smallest absolute Gasteiger partial charge is 0.252 e. The highest BCUT2D eigenvalue weighted by Gasteiger charge is 2.45. The fourth-order valence-electron chi connectivity index (χ4n) is 16.2. The Labute approximate surface area is 565 Å². The predicted molar refractivity (Wildman–Crippen MR) is 409 cm³/mol. The van der Waals surface area contributed by atoms with Gasteiger partial charge in [-0.2, -0.15) is 0 Å². The zero-order valence-corrected chi connectivity index (χ0v) is 54.7. The van der Waals surface area contributed by atoms with Crippen LogP contribution in [0.15, 0.2) is 267 Å². The second kappa shape index (κ2) is 19.8. The minimum Gasteiger partial charge on any atom is -0.311 e. The average Bonchev–Trinajstić information content (AvgIpc) is 1.62. The van der Waals surface area contributed by atoms with E-state index >= 15 is 0 Å². The second-order valence-electron chi connectivity index (χ2n) is 29.5. The maximum Gasteiger partial charge on any atom is 0.252 e. The van der Waals surface area contributed by atoms with Gasteiger partial charge in [0.25, 0.3) is 6.71 Å². The molecule has 5 heteroatoms. The summed E-state index contributed by atoms with van der Waals surface area (Å²) < 4.78 is 80.6. The zero-order valence-electron chi connectivity index (χ0n) is 62.7. The Morgan fingerprint density at radius 1 is 0.316 bits per heavy atom. The van der Waals surface area contributed by atoms with Gasteiger partial charge in [-0.25, -0.2) is 0 Å². The van der Waals surface area contributed by atoms with Gasteiger partial charge < -0.3 is 18.4 Å². The molecule has 0 N–H and O–H groups in total. The first-order valence-corrected chi connectivity index (χ1v) is 33.2. The van der Waals surface area contributed by atoms with Crippen molar-refractivity contribution in [1.82, 2.24) is 13.5 Å². The molecule has 0 amide bonds. The van der Waals surface area contributed by atoms with Crippen LogP contribution in [0.3, 0.4) is 0 Å². The third kappa shape index (κ3) is 8.08. The highest BCUT2D eigenvalue weighted by Crippen LogP contribution is 2.51. The van der Waals surface area contributed by atoms with Crippen LogP contribution in [-0.4, -0.2) is 20.2 Å². The summed E-state index contributed by atoms with van der Waals surface area (Å²) in [6.45, 7) is 20.3. The van der Waals surface area contributed by atoms with Gasteiger partial charge in [0, 0.05) is 71.4 Å². The second-order valence-corrected chi connectivity index (χ2v) is 29.5. The molecule has 0 spiro atoms. The molecule has 0 fully saturated rings. The summed E-state index contributed by atoms with van der Waals surface area (Å²) in [7, 11) is 0. The van der Waals surface area contributed by atoms with Crippen molar-refractivity contribution >= 4 is 143 Å². The van der Waals surface area contributed by atoms with Crippen LogP contribution in [0.2, 0.25) is 0 Å². The van der Waals surface area contributed by atoms with Gasteiger partial charge in [0.05, 0.1) is 49.8 Å². The van der Waals surface area contributed by atoms with Crippen molar-refractivity contribution in [1.29, 1.82) is 0 Å². The van der Waals surface area contributed by atoms with E-state index in [0.717, 1.165) is 148 Å². The SMILES string of the molecule is [2H]c1c([2H])c([2H])c2c(c1[2H])c1c([2H])c([2H])c([2H])c([2H])c1n2-c1ccc2c(c1)c1cc(C(C)(C)C)cc3c1n2-c1cc2c(c4c1B3c1ccc(-c3cc(C(C)(C)C)cc(C(C)(C)C)c3)cc1N4c1ccc(-c3ccccc3)cc1)c1cccc3c4ccccc4c4ccccc4c4ccccc4n2c31. The van der Waals surface area contributed by atoms with Gasteiger partial charge in [0.15, 0.2) is 0 Å². The summed E-state index contributed by atoms with van der Waals surface area (Å²) in [4.78, 5) is 2.59. The zero-order chi connectivity index (χ0) is 71.1. The Balaban J connectivity index is 1.03. The number of aromatic nitrogens is 3. The molecule has 19 rings (SSSR count). The molecular weight excluding hydrogens is 1150 g/mol. The van der Waals surface area contributed by atoms with Gasteiger partial charge in [-0.05, 0) is 160 Å². The van der Waals surface area contributed by atoms with Crippen molar-refractivity contribution in [2.24, 2.45) is 0 Å². The first-order chi connectivity index (χ1) is 49.4. The van der Waals surface area contributed by atoms with Crippen molar-refractivity contribution in [2.75, 3.05) is 4.90 Å². The lowest BCUT2D eigenvalue weighted by atomic mass is 9.33. The number of benzene rings is 13. The molecule has 0 saturated heterocycles. The molecule has 0 aliphatic carbocycles. The van der Waals surface area contributed by atoms with Crippen LogP contribution in [0, 0.1) is 0 Å². The van der Waals surface area contributed by atoms with Crippen molar-refractivity contribution in [3.05, 3.63) is 283 Å². The van der Waals surface area contributed by atoms with Crippen LogP contribution in [-0.2, 0) is 16.2 Å². The Bertz CT molecular complexity index is 6610. The fraction of sp³-hybridized carbons (Fsp3) is 0.133. The lowest BCUT2D eigenvalue weighted by Gasteiger charge is -2.41. The summed E-state index contributed by atoms with van der Waals surface area (Å²) in [5.74, 6) is 0. The molecule has 0 unspecified atom stereocenters. The number of para-hydroxylation sites is 4. The molecule has 0 radical (unpaired) electrons. The van der Waals surface area contributed by atoms with E-state index in [4.69, 9.17) is 5.48 Å². The van der Waals surface area contributed by atoms with E-state index in [1.807, 2.05) is 6.07 Å². The van der Waals surface area contributed by atoms with E-state index < -0.39 is 24.2 Å². The van der Waals surface area contributed by atoms with Crippen molar-refractivity contribution in [3.8, 4) is 33.6 Å². The molecular formula is C90H71BN4. The fourth-order valence-corrected chi connectivity index (χ4v) is 16.2. The molecule has 95 heavy (non-hydrogen) atoms. The Hall–Kier alpha value is -10.9. The lowest BCUT2D eigenvalue weighted by molar-refractivity contribution is 0.569. The van der Waals surface area contributed by atoms with Crippen molar-refractivity contribution < 1.29 is 11.0 Å². The largest absolute Gasteiger partial charge is 0.311 e. The molecule has 2 aliphatic rings. The average molecular weight is 1230 g/mol. The number of anilines is 3. The Morgan fingerprint density at radius 2 is 0.863 bits per heavy atom. The van der Waals surface area contributed by atoms with E-state index in [2.05, 4.69) is 289 Å². The van der Waals surface area contributed by atoms with E-state index in [1.54, 1.807) is 4.57 Å². The highest BCUT2D eigenvalue weighted by molar-refractivity contribution is 7.00. The van der Waals surface area contributed by atoms with E-state index in [1.165, 1.54) is 11.1 Å². The van der Waals surface area contributed by atoms with Gasteiger partial charge in [-0.3, -0.25) is 0 Å².